The summed E-state index contributed by atoms with van der Waals surface area (Å²) in [4.78, 5) is 17.9. The number of carbonyl (C=O) groups excluding carboxylic acids is 1. The second-order valence-corrected chi connectivity index (χ2v) is 9.28. The van der Waals surface area contributed by atoms with Crippen molar-refractivity contribution in [2.24, 2.45) is 0 Å². The van der Waals surface area contributed by atoms with Crippen molar-refractivity contribution in [1.29, 1.82) is 0 Å². The van der Waals surface area contributed by atoms with Crippen molar-refractivity contribution in [3.63, 3.8) is 0 Å². The summed E-state index contributed by atoms with van der Waals surface area (Å²) in [5, 5.41) is 13.9. The minimum atomic E-state index is -0.448. The van der Waals surface area contributed by atoms with Crippen LogP contribution >= 0.6 is 0 Å². The molecule has 0 radical (unpaired) electrons. The third-order valence-electron chi connectivity index (χ3n) is 7.12. The molecule has 0 aliphatic carbocycles. The largest absolute Gasteiger partial charge is 0.507 e. The lowest BCUT2D eigenvalue weighted by Gasteiger charge is -2.39. The number of benzene rings is 3. The maximum Gasteiger partial charge on any atom is 0.342 e. The molecule has 1 atom stereocenters. The van der Waals surface area contributed by atoms with Gasteiger partial charge < -0.3 is 23.9 Å². The minimum absolute atomic E-state index is 0.157. The molecule has 1 fully saturated rings. The molecule has 1 aliphatic rings. The highest BCUT2D eigenvalue weighted by Gasteiger charge is 2.34. The van der Waals surface area contributed by atoms with E-state index in [1.807, 2.05) is 48.5 Å². The van der Waals surface area contributed by atoms with Crippen molar-refractivity contribution < 1.29 is 23.8 Å². The lowest BCUT2D eigenvalue weighted by molar-refractivity contribution is 0.0526. The van der Waals surface area contributed by atoms with Gasteiger partial charge in [0.05, 0.1) is 19.8 Å². The lowest BCUT2D eigenvalue weighted by atomic mass is 9.88. The molecule has 1 aliphatic heterocycles. The van der Waals surface area contributed by atoms with E-state index >= 15 is 0 Å². The zero-order valence-corrected chi connectivity index (χ0v) is 21.2. The van der Waals surface area contributed by atoms with Crippen molar-refractivity contribution in [3.8, 4) is 11.5 Å². The van der Waals surface area contributed by atoms with Crippen molar-refractivity contribution in [2.45, 2.75) is 19.9 Å². The monoisotopic (exact) mass is 488 g/mol. The molecule has 0 spiro atoms. The molecule has 1 saturated heterocycles. The van der Waals surface area contributed by atoms with E-state index in [4.69, 9.17) is 13.9 Å². The number of phenolic OH excluding ortho intramolecular Hbond substituents is 1. The van der Waals surface area contributed by atoms with Crippen LogP contribution in [-0.2, 0) is 4.74 Å². The quantitative estimate of drug-likeness (QED) is 0.378. The molecule has 3 aromatic carbocycles. The van der Waals surface area contributed by atoms with Gasteiger partial charge >= 0.3 is 5.97 Å². The Kier molecular flexibility index (Phi) is 6.60. The van der Waals surface area contributed by atoms with Crippen LogP contribution in [0.3, 0.4) is 0 Å². The van der Waals surface area contributed by atoms with Crippen LogP contribution in [0.1, 0.15) is 40.2 Å². The second-order valence-electron chi connectivity index (χ2n) is 9.28. The fourth-order valence-electron chi connectivity index (χ4n) is 5.28. The van der Waals surface area contributed by atoms with Gasteiger partial charge in [0.2, 0.25) is 0 Å². The molecule has 0 unspecified atom stereocenters. The number of furan rings is 1. The second kappa shape index (κ2) is 9.84. The summed E-state index contributed by atoms with van der Waals surface area (Å²) in [5.74, 6) is 0.947. The number of rotatable bonds is 6. The Morgan fingerprint density at radius 1 is 1.06 bits per heavy atom. The molecule has 188 valence electrons. The van der Waals surface area contributed by atoms with E-state index in [-0.39, 0.29) is 18.4 Å². The molecule has 1 N–H and O–H groups in total. The Morgan fingerprint density at radius 2 is 1.72 bits per heavy atom. The summed E-state index contributed by atoms with van der Waals surface area (Å²) < 4.78 is 17.1. The van der Waals surface area contributed by atoms with Gasteiger partial charge in [-0.25, -0.2) is 4.79 Å². The summed E-state index contributed by atoms with van der Waals surface area (Å²) in [7, 11) is 3.76. The van der Waals surface area contributed by atoms with E-state index < -0.39 is 5.97 Å². The molecule has 0 bridgehead atoms. The fourth-order valence-corrected chi connectivity index (χ4v) is 5.28. The first kappa shape index (κ1) is 24.2. The predicted molar refractivity (Wildman–Crippen MR) is 140 cm³/mol. The number of fused-ring (bicyclic) bond motifs is 3. The van der Waals surface area contributed by atoms with Gasteiger partial charge in [0.25, 0.3) is 0 Å². The molecule has 7 nitrogen and oxygen atoms in total. The molecule has 4 aromatic rings. The highest BCUT2D eigenvalue weighted by Crippen LogP contribution is 2.47. The number of ether oxygens (including phenoxy) is 2. The van der Waals surface area contributed by atoms with E-state index in [9.17, 15) is 9.90 Å². The van der Waals surface area contributed by atoms with E-state index in [0.717, 1.165) is 42.9 Å². The van der Waals surface area contributed by atoms with E-state index in [0.29, 0.717) is 33.2 Å². The smallest absolute Gasteiger partial charge is 0.342 e. The molecule has 36 heavy (non-hydrogen) atoms. The average Bonchev–Trinajstić information content (AvgIpc) is 3.24. The Morgan fingerprint density at radius 3 is 2.36 bits per heavy atom. The fraction of sp³-hybridized carbons (Fsp3) is 0.345. The van der Waals surface area contributed by atoms with Crippen molar-refractivity contribution in [3.05, 3.63) is 71.0 Å². The van der Waals surface area contributed by atoms with Crippen molar-refractivity contribution in [1.82, 2.24) is 9.80 Å². The number of hydrogen-bond donors (Lipinski definition) is 1. The number of hydrogen-bond acceptors (Lipinski definition) is 7. The van der Waals surface area contributed by atoms with Crippen LogP contribution in [0.25, 0.3) is 21.7 Å². The lowest BCUT2D eigenvalue weighted by Crippen LogP contribution is -2.46. The van der Waals surface area contributed by atoms with Gasteiger partial charge in [0, 0.05) is 47.9 Å². The number of carbonyl (C=O) groups is 1. The first-order valence-electron chi connectivity index (χ1n) is 12.3. The van der Waals surface area contributed by atoms with Crippen LogP contribution < -0.4 is 4.74 Å². The highest BCUT2D eigenvalue weighted by atomic mass is 16.5. The number of phenols is 1. The third kappa shape index (κ3) is 4.08. The van der Waals surface area contributed by atoms with Crippen LogP contribution in [-0.4, -0.2) is 67.8 Å². The molecule has 0 amide bonds. The van der Waals surface area contributed by atoms with Gasteiger partial charge in [-0.1, -0.05) is 36.4 Å². The van der Waals surface area contributed by atoms with Gasteiger partial charge in [-0.3, -0.25) is 4.90 Å². The molecule has 5 rings (SSSR count). The van der Waals surface area contributed by atoms with Gasteiger partial charge in [-0.05, 0) is 38.6 Å². The summed E-state index contributed by atoms with van der Waals surface area (Å²) in [6, 6.07) is 15.2. The van der Waals surface area contributed by atoms with Crippen molar-refractivity contribution >= 4 is 27.7 Å². The van der Waals surface area contributed by atoms with Crippen LogP contribution in [0.5, 0.6) is 11.5 Å². The minimum Gasteiger partial charge on any atom is -0.507 e. The standard InChI is InChI=1S/C29H32N2O5/c1-5-35-29(33)23-18(2)36-28-22-9-7-6-8-21(22)27(32)25(24(23)28)26(31-16-14-30(3)15-17-31)19-10-12-20(34-4)13-11-19/h6-13,26,32H,5,14-17H2,1-4H3/t26-/m1/s1. The van der Waals surface area contributed by atoms with E-state index in [1.54, 1.807) is 21.0 Å². The van der Waals surface area contributed by atoms with Crippen LogP contribution in [0, 0.1) is 6.92 Å². The molecule has 0 saturated carbocycles. The van der Waals surface area contributed by atoms with Crippen molar-refractivity contribution in [2.75, 3.05) is 46.9 Å². The number of piperazine rings is 1. The summed E-state index contributed by atoms with van der Waals surface area (Å²) in [6.45, 7) is 7.24. The number of methoxy groups -OCH3 is 1. The van der Waals surface area contributed by atoms with Crippen LogP contribution in [0.15, 0.2) is 52.9 Å². The molecule has 1 aromatic heterocycles. The predicted octanol–water partition coefficient (Wildman–Crippen LogP) is 5.12. The molecular weight excluding hydrogens is 456 g/mol. The van der Waals surface area contributed by atoms with E-state index in [1.165, 1.54) is 0 Å². The zero-order valence-electron chi connectivity index (χ0n) is 21.2. The highest BCUT2D eigenvalue weighted by molar-refractivity contribution is 6.16. The van der Waals surface area contributed by atoms with Crippen LogP contribution in [0.2, 0.25) is 0 Å². The van der Waals surface area contributed by atoms with Gasteiger partial charge in [0.1, 0.15) is 28.4 Å². The maximum absolute atomic E-state index is 13.2. The maximum atomic E-state index is 13.2. The zero-order chi connectivity index (χ0) is 25.4. The molecular formula is C29H32N2O5. The number of nitrogens with zero attached hydrogens (tertiary/aromatic N) is 2. The SMILES string of the molecule is CCOC(=O)c1c(C)oc2c1c([C@@H](c1ccc(OC)cc1)N1CCN(C)CC1)c(O)c1ccccc12. The Hall–Kier alpha value is -3.55. The third-order valence-corrected chi connectivity index (χ3v) is 7.12. The van der Waals surface area contributed by atoms with E-state index in [2.05, 4.69) is 16.8 Å². The molecule has 2 heterocycles. The summed E-state index contributed by atoms with van der Waals surface area (Å²) in [5.41, 5.74) is 2.63. The number of aromatic hydroxyl groups is 1. The van der Waals surface area contributed by atoms with Crippen LogP contribution in [0.4, 0.5) is 0 Å². The number of aryl methyl sites for hydroxylation is 1. The molecule has 7 heteroatoms. The Balaban J connectivity index is 1.85. The summed E-state index contributed by atoms with van der Waals surface area (Å²) in [6.07, 6.45) is 0. The van der Waals surface area contributed by atoms with Gasteiger partial charge in [-0.15, -0.1) is 0 Å². The number of esters is 1. The number of likely N-dealkylation sites (N-methyl/N-ethyl adjacent to an activating group) is 1. The normalized spacial score (nSPS) is 15.9. The average molecular weight is 489 g/mol. The summed E-state index contributed by atoms with van der Waals surface area (Å²) >= 11 is 0. The van der Waals surface area contributed by atoms with Gasteiger partial charge in [0.15, 0.2) is 0 Å². The van der Waals surface area contributed by atoms with Gasteiger partial charge in [-0.2, -0.15) is 0 Å². The topological polar surface area (TPSA) is 75.4 Å². The first-order valence-corrected chi connectivity index (χ1v) is 12.3. The Labute approximate surface area is 210 Å². The Bertz CT molecular complexity index is 1400. The first-order chi connectivity index (χ1) is 17.4.